The summed E-state index contributed by atoms with van der Waals surface area (Å²) >= 11 is 0. The number of benzene rings is 3. The Morgan fingerprint density at radius 1 is 1.06 bits per heavy atom. The van der Waals surface area contributed by atoms with Gasteiger partial charge in [-0.3, -0.25) is 4.79 Å². The molecule has 3 aromatic rings. The van der Waals surface area contributed by atoms with Gasteiger partial charge in [-0.1, -0.05) is 12.1 Å². The fourth-order valence-corrected chi connectivity index (χ4v) is 3.33. The number of alkyl halides is 3. The highest BCUT2D eigenvalue weighted by molar-refractivity contribution is 7.89. The normalized spacial score (nSPS) is 11.8. The molecular formula is C21H16F4N2O5S. The molecule has 12 heteroatoms. The Balaban J connectivity index is 1.99. The SMILES string of the molecule is NS(=O)(=O)c1cccc(NC(=O)c2ccc(C(F)(F)F)cc2Oc2ccc(CO)c(F)c2)c1. The third kappa shape index (κ3) is 5.86. The minimum atomic E-state index is -4.75. The standard InChI is InChI=1S/C21H16F4N2O5S/c22-18-10-15(6-4-12(18)11-28)32-19-8-13(21(23,24)25)5-7-17(19)20(29)27-14-2-1-3-16(9-14)33(26,30)31/h1-10,28H,11H2,(H,27,29)(H2,26,30,31). The molecule has 0 aliphatic heterocycles. The summed E-state index contributed by atoms with van der Waals surface area (Å²) in [6.45, 7) is -0.596. The molecule has 0 saturated heterocycles. The molecule has 0 radical (unpaired) electrons. The van der Waals surface area contributed by atoms with Crippen LogP contribution in [0, 0.1) is 5.82 Å². The van der Waals surface area contributed by atoms with Crippen LogP contribution in [0.5, 0.6) is 11.5 Å². The van der Waals surface area contributed by atoms with Crippen molar-refractivity contribution in [1.82, 2.24) is 0 Å². The maximum absolute atomic E-state index is 13.9. The van der Waals surface area contributed by atoms with Crippen LogP contribution in [0.4, 0.5) is 23.2 Å². The van der Waals surface area contributed by atoms with Gasteiger partial charge in [-0.05, 0) is 42.5 Å². The summed E-state index contributed by atoms with van der Waals surface area (Å²) in [5.41, 5.74) is -1.50. The summed E-state index contributed by atoms with van der Waals surface area (Å²) < 4.78 is 81.9. The number of sulfonamides is 1. The van der Waals surface area contributed by atoms with Crippen molar-refractivity contribution in [3.63, 3.8) is 0 Å². The average molecular weight is 484 g/mol. The second kappa shape index (κ2) is 9.17. The molecule has 0 aliphatic carbocycles. The minimum Gasteiger partial charge on any atom is -0.456 e. The smallest absolute Gasteiger partial charge is 0.416 e. The van der Waals surface area contributed by atoms with E-state index in [1.807, 2.05) is 0 Å². The molecule has 4 N–H and O–H groups in total. The van der Waals surface area contributed by atoms with E-state index in [0.717, 1.165) is 18.2 Å². The van der Waals surface area contributed by atoms with Crippen molar-refractivity contribution in [2.75, 3.05) is 5.32 Å². The van der Waals surface area contributed by atoms with Crippen LogP contribution in [0.3, 0.4) is 0 Å². The number of carbonyl (C=O) groups is 1. The lowest BCUT2D eigenvalue weighted by Crippen LogP contribution is -2.16. The van der Waals surface area contributed by atoms with Crippen LogP contribution in [-0.2, 0) is 22.8 Å². The number of nitrogens with one attached hydrogen (secondary N) is 1. The summed E-state index contributed by atoms with van der Waals surface area (Å²) in [5.74, 6) is -2.51. The van der Waals surface area contributed by atoms with Gasteiger partial charge < -0.3 is 15.2 Å². The van der Waals surface area contributed by atoms with Crippen LogP contribution < -0.4 is 15.2 Å². The number of aliphatic hydroxyl groups is 1. The fraction of sp³-hybridized carbons (Fsp3) is 0.0952. The zero-order chi connectivity index (χ0) is 24.4. The molecule has 7 nitrogen and oxygen atoms in total. The Labute approximate surface area is 185 Å². The number of ether oxygens (including phenoxy) is 1. The lowest BCUT2D eigenvalue weighted by molar-refractivity contribution is -0.137. The number of primary sulfonamides is 1. The van der Waals surface area contributed by atoms with Crippen LogP contribution in [-0.4, -0.2) is 19.4 Å². The van der Waals surface area contributed by atoms with E-state index in [9.17, 15) is 30.8 Å². The van der Waals surface area contributed by atoms with E-state index in [0.29, 0.717) is 12.1 Å². The molecule has 0 bridgehead atoms. The Hall–Kier alpha value is -3.48. The van der Waals surface area contributed by atoms with E-state index in [-0.39, 0.29) is 27.5 Å². The topological polar surface area (TPSA) is 119 Å². The highest BCUT2D eigenvalue weighted by Crippen LogP contribution is 2.35. The number of hydrogen-bond acceptors (Lipinski definition) is 5. The molecule has 0 fully saturated rings. The fourth-order valence-electron chi connectivity index (χ4n) is 2.77. The summed E-state index contributed by atoms with van der Waals surface area (Å²) in [6.07, 6.45) is -4.75. The molecule has 3 aromatic carbocycles. The van der Waals surface area contributed by atoms with Crippen LogP contribution in [0.1, 0.15) is 21.5 Å². The number of hydrogen-bond donors (Lipinski definition) is 3. The Morgan fingerprint density at radius 2 is 1.79 bits per heavy atom. The second-order valence-electron chi connectivity index (χ2n) is 6.75. The van der Waals surface area contributed by atoms with E-state index in [1.54, 1.807) is 0 Å². The maximum atomic E-state index is 13.9. The van der Waals surface area contributed by atoms with Gasteiger partial charge in [0.05, 0.1) is 22.6 Å². The Kier molecular flexibility index (Phi) is 6.72. The van der Waals surface area contributed by atoms with Gasteiger partial charge in [0, 0.05) is 17.3 Å². The van der Waals surface area contributed by atoms with Crippen LogP contribution >= 0.6 is 0 Å². The van der Waals surface area contributed by atoms with E-state index in [4.69, 9.17) is 15.0 Å². The predicted octanol–water partition coefficient (Wildman–Crippen LogP) is 4.03. The zero-order valence-corrected chi connectivity index (χ0v) is 17.4. The van der Waals surface area contributed by atoms with E-state index in [1.165, 1.54) is 30.3 Å². The minimum absolute atomic E-state index is 0.00992. The summed E-state index contributed by atoms with van der Waals surface area (Å²) in [7, 11) is -4.06. The average Bonchev–Trinajstić information content (AvgIpc) is 2.73. The molecule has 0 unspecified atom stereocenters. The lowest BCUT2D eigenvalue weighted by Gasteiger charge is -2.15. The van der Waals surface area contributed by atoms with Crippen LogP contribution in [0.15, 0.2) is 65.6 Å². The Bertz CT molecular complexity index is 1310. The molecule has 0 heterocycles. The first-order chi connectivity index (χ1) is 15.4. The van der Waals surface area contributed by atoms with Crippen LogP contribution in [0.2, 0.25) is 0 Å². The van der Waals surface area contributed by atoms with Crippen molar-refractivity contribution in [1.29, 1.82) is 0 Å². The summed E-state index contributed by atoms with van der Waals surface area (Å²) in [5, 5.41) is 16.5. The van der Waals surface area contributed by atoms with Gasteiger partial charge in [0.15, 0.2) is 0 Å². The van der Waals surface area contributed by atoms with Gasteiger partial charge in [-0.25, -0.2) is 17.9 Å². The monoisotopic (exact) mass is 484 g/mol. The first kappa shape index (κ1) is 24.2. The summed E-state index contributed by atoms with van der Waals surface area (Å²) in [4.78, 5) is 12.5. The largest absolute Gasteiger partial charge is 0.456 e. The third-order valence-electron chi connectivity index (χ3n) is 4.40. The lowest BCUT2D eigenvalue weighted by atomic mass is 10.1. The van der Waals surface area contributed by atoms with Crippen LogP contribution in [0.25, 0.3) is 0 Å². The number of nitrogens with two attached hydrogens (primary N) is 1. The number of anilines is 1. The van der Waals surface area contributed by atoms with Gasteiger partial charge in [-0.2, -0.15) is 13.2 Å². The van der Waals surface area contributed by atoms with Crippen molar-refractivity contribution < 1.29 is 40.6 Å². The van der Waals surface area contributed by atoms with E-state index < -0.39 is 45.8 Å². The predicted molar refractivity (Wildman–Crippen MR) is 110 cm³/mol. The first-order valence-electron chi connectivity index (χ1n) is 9.11. The highest BCUT2D eigenvalue weighted by Gasteiger charge is 2.32. The number of amides is 1. The molecule has 0 saturated carbocycles. The van der Waals surface area contributed by atoms with Gasteiger partial charge in [0.1, 0.15) is 17.3 Å². The molecule has 0 atom stereocenters. The molecule has 33 heavy (non-hydrogen) atoms. The molecule has 0 aromatic heterocycles. The van der Waals surface area contributed by atoms with Crippen molar-refractivity contribution in [3.8, 4) is 11.5 Å². The van der Waals surface area contributed by atoms with Gasteiger partial charge in [0.2, 0.25) is 10.0 Å². The molecule has 0 spiro atoms. The maximum Gasteiger partial charge on any atom is 0.416 e. The second-order valence-corrected chi connectivity index (χ2v) is 8.31. The van der Waals surface area contributed by atoms with Gasteiger partial charge in [0.25, 0.3) is 5.91 Å². The van der Waals surface area contributed by atoms with Crippen molar-refractivity contribution >= 4 is 21.6 Å². The van der Waals surface area contributed by atoms with Gasteiger partial charge >= 0.3 is 6.18 Å². The molecule has 174 valence electrons. The van der Waals surface area contributed by atoms with Crippen molar-refractivity contribution in [3.05, 3.63) is 83.2 Å². The molecular weight excluding hydrogens is 468 g/mol. The summed E-state index contributed by atoms with van der Waals surface area (Å²) in [6, 6.07) is 10.3. The number of halogens is 4. The molecule has 3 rings (SSSR count). The number of aliphatic hydroxyl groups excluding tert-OH is 1. The zero-order valence-electron chi connectivity index (χ0n) is 16.6. The molecule has 1 amide bonds. The van der Waals surface area contributed by atoms with Crippen molar-refractivity contribution in [2.24, 2.45) is 5.14 Å². The van der Waals surface area contributed by atoms with E-state index >= 15 is 0 Å². The first-order valence-corrected chi connectivity index (χ1v) is 10.7. The Morgan fingerprint density at radius 3 is 2.39 bits per heavy atom. The molecule has 0 aliphatic rings. The van der Waals surface area contributed by atoms with Gasteiger partial charge in [-0.15, -0.1) is 0 Å². The third-order valence-corrected chi connectivity index (χ3v) is 5.31. The number of carbonyl (C=O) groups excluding carboxylic acids is 1. The quantitative estimate of drug-likeness (QED) is 0.457. The van der Waals surface area contributed by atoms with E-state index in [2.05, 4.69) is 5.32 Å². The van der Waals surface area contributed by atoms with Crippen molar-refractivity contribution in [2.45, 2.75) is 17.7 Å². The highest BCUT2D eigenvalue weighted by atomic mass is 32.2. The number of rotatable bonds is 6.